The third kappa shape index (κ3) is 5.33. The van der Waals surface area contributed by atoms with Crippen molar-refractivity contribution in [2.75, 3.05) is 13.7 Å². The minimum atomic E-state index is -0.230. The van der Waals surface area contributed by atoms with E-state index in [2.05, 4.69) is 38.1 Å². The van der Waals surface area contributed by atoms with Crippen molar-refractivity contribution in [3.05, 3.63) is 35.4 Å². The van der Waals surface area contributed by atoms with Crippen molar-refractivity contribution in [3.8, 4) is 0 Å². The second kappa shape index (κ2) is 7.46. The Hall–Kier alpha value is -0.860. The molecule has 2 nitrogen and oxygen atoms in total. The Morgan fingerprint density at radius 1 is 1.18 bits per heavy atom. The van der Waals surface area contributed by atoms with E-state index in [1.165, 1.54) is 11.1 Å². The molecule has 0 fully saturated rings. The molecular formula is C15H24O2. The zero-order valence-electron chi connectivity index (χ0n) is 11.1. The van der Waals surface area contributed by atoms with E-state index in [4.69, 9.17) is 4.74 Å². The quantitative estimate of drug-likeness (QED) is 0.788. The minimum absolute atomic E-state index is 0.230. The van der Waals surface area contributed by atoms with E-state index in [1.54, 1.807) is 7.11 Å². The number of hydrogen-bond acceptors (Lipinski definition) is 2. The molecule has 2 heteroatoms. The molecule has 0 aliphatic heterocycles. The van der Waals surface area contributed by atoms with Gasteiger partial charge in [0.15, 0.2) is 0 Å². The molecule has 0 aliphatic carbocycles. The number of aryl methyl sites for hydroxylation is 2. The van der Waals surface area contributed by atoms with E-state index >= 15 is 0 Å². The highest BCUT2D eigenvalue weighted by Gasteiger charge is 2.13. The molecular weight excluding hydrogens is 212 g/mol. The average molecular weight is 236 g/mol. The summed E-state index contributed by atoms with van der Waals surface area (Å²) < 4.78 is 5.03. The fourth-order valence-corrected chi connectivity index (χ4v) is 1.85. The summed E-state index contributed by atoms with van der Waals surface area (Å²) in [7, 11) is 1.70. The Morgan fingerprint density at radius 3 is 2.41 bits per heavy atom. The number of ether oxygens (including phenoxy) is 1. The number of aliphatic hydroxyl groups excluding tert-OH is 1. The van der Waals surface area contributed by atoms with Crippen LogP contribution in [0.3, 0.4) is 0 Å². The standard InChI is InChI=1S/C15H24O2/c1-12-4-6-14(7-5-12)8-9-15(16)13(2)10-11-17-3/h4-7,13,15-16H,8-11H2,1-3H3. The van der Waals surface area contributed by atoms with Crippen LogP contribution in [0.15, 0.2) is 24.3 Å². The highest BCUT2D eigenvalue weighted by Crippen LogP contribution is 2.15. The molecule has 0 saturated carbocycles. The Labute approximate surface area is 105 Å². The summed E-state index contributed by atoms with van der Waals surface area (Å²) in [5.74, 6) is 0.306. The molecule has 0 radical (unpaired) electrons. The molecule has 0 saturated heterocycles. The predicted molar refractivity (Wildman–Crippen MR) is 71.2 cm³/mol. The summed E-state index contributed by atoms with van der Waals surface area (Å²) in [6.45, 7) is 4.90. The normalized spacial score (nSPS) is 14.6. The van der Waals surface area contributed by atoms with Crippen LogP contribution >= 0.6 is 0 Å². The van der Waals surface area contributed by atoms with E-state index in [1.807, 2.05) is 0 Å². The molecule has 0 aromatic heterocycles. The lowest BCUT2D eigenvalue weighted by atomic mass is 9.95. The van der Waals surface area contributed by atoms with Gasteiger partial charge in [0, 0.05) is 13.7 Å². The summed E-state index contributed by atoms with van der Waals surface area (Å²) >= 11 is 0. The molecule has 1 aromatic rings. The van der Waals surface area contributed by atoms with Gasteiger partial charge in [0.2, 0.25) is 0 Å². The Morgan fingerprint density at radius 2 is 1.82 bits per heavy atom. The van der Waals surface area contributed by atoms with Gasteiger partial charge < -0.3 is 9.84 Å². The van der Waals surface area contributed by atoms with Gasteiger partial charge in [-0.25, -0.2) is 0 Å². The largest absolute Gasteiger partial charge is 0.393 e. The highest BCUT2D eigenvalue weighted by atomic mass is 16.5. The Bertz CT molecular complexity index is 305. The molecule has 2 atom stereocenters. The van der Waals surface area contributed by atoms with Crippen LogP contribution in [-0.4, -0.2) is 24.9 Å². The predicted octanol–water partition coefficient (Wildman–Crippen LogP) is 2.96. The lowest BCUT2D eigenvalue weighted by Gasteiger charge is -2.18. The number of methoxy groups -OCH3 is 1. The zero-order chi connectivity index (χ0) is 12.7. The summed E-state index contributed by atoms with van der Waals surface area (Å²) in [5.41, 5.74) is 2.58. The van der Waals surface area contributed by atoms with Gasteiger partial charge in [0.1, 0.15) is 0 Å². The van der Waals surface area contributed by atoms with Gasteiger partial charge in [-0.05, 0) is 37.7 Å². The first kappa shape index (κ1) is 14.2. The van der Waals surface area contributed by atoms with E-state index in [9.17, 15) is 5.11 Å². The van der Waals surface area contributed by atoms with Crippen LogP contribution in [0.1, 0.15) is 30.9 Å². The van der Waals surface area contributed by atoms with E-state index in [-0.39, 0.29) is 6.10 Å². The van der Waals surface area contributed by atoms with Crippen molar-refractivity contribution in [3.63, 3.8) is 0 Å². The second-order valence-electron chi connectivity index (χ2n) is 4.85. The van der Waals surface area contributed by atoms with Crippen molar-refractivity contribution >= 4 is 0 Å². The molecule has 1 N–H and O–H groups in total. The topological polar surface area (TPSA) is 29.5 Å². The molecule has 0 bridgehead atoms. The van der Waals surface area contributed by atoms with E-state index in [0.717, 1.165) is 25.9 Å². The van der Waals surface area contributed by atoms with Crippen molar-refractivity contribution in [1.82, 2.24) is 0 Å². The van der Waals surface area contributed by atoms with Gasteiger partial charge in [0.05, 0.1) is 6.10 Å². The number of benzene rings is 1. The third-order valence-corrected chi connectivity index (χ3v) is 3.28. The zero-order valence-corrected chi connectivity index (χ0v) is 11.1. The first-order chi connectivity index (χ1) is 8.13. The minimum Gasteiger partial charge on any atom is -0.393 e. The van der Waals surface area contributed by atoms with Gasteiger partial charge in [-0.2, -0.15) is 0 Å². The maximum Gasteiger partial charge on any atom is 0.0569 e. The first-order valence-electron chi connectivity index (χ1n) is 6.36. The molecule has 96 valence electrons. The first-order valence-corrected chi connectivity index (χ1v) is 6.36. The smallest absolute Gasteiger partial charge is 0.0569 e. The van der Waals surface area contributed by atoms with E-state index < -0.39 is 0 Å². The maximum absolute atomic E-state index is 10.0. The molecule has 2 unspecified atom stereocenters. The summed E-state index contributed by atoms with van der Waals surface area (Å²) in [4.78, 5) is 0. The van der Waals surface area contributed by atoms with Crippen molar-refractivity contribution < 1.29 is 9.84 Å². The monoisotopic (exact) mass is 236 g/mol. The van der Waals surface area contributed by atoms with Crippen LogP contribution in [-0.2, 0) is 11.2 Å². The fraction of sp³-hybridized carbons (Fsp3) is 0.600. The maximum atomic E-state index is 10.0. The molecule has 0 spiro atoms. The van der Waals surface area contributed by atoms with Crippen LogP contribution < -0.4 is 0 Å². The lowest BCUT2D eigenvalue weighted by molar-refractivity contribution is 0.0822. The van der Waals surface area contributed by atoms with Crippen LogP contribution in [0.5, 0.6) is 0 Å². The molecule has 1 aromatic carbocycles. The summed E-state index contributed by atoms with van der Waals surface area (Å²) in [6.07, 6.45) is 2.46. The van der Waals surface area contributed by atoms with Gasteiger partial charge in [-0.15, -0.1) is 0 Å². The van der Waals surface area contributed by atoms with Gasteiger partial charge in [-0.1, -0.05) is 36.8 Å². The number of rotatable bonds is 7. The summed E-state index contributed by atoms with van der Waals surface area (Å²) in [6, 6.07) is 8.52. The van der Waals surface area contributed by atoms with Gasteiger partial charge in [0.25, 0.3) is 0 Å². The SMILES string of the molecule is COCCC(C)C(O)CCc1ccc(C)cc1. The number of aliphatic hydroxyl groups is 1. The average Bonchev–Trinajstić information content (AvgIpc) is 2.34. The molecule has 1 rings (SSSR count). The molecule has 0 amide bonds. The van der Waals surface area contributed by atoms with E-state index in [0.29, 0.717) is 5.92 Å². The van der Waals surface area contributed by atoms with Crippen LogP contribution in [0.2, 0.25) is 0 Å². The van der Waals surface area contributed by atoms with Crippen molar-refractivity contribution in [2.24, 2.45) is 5.92 Å². The second-order valence-corrected chi connectivity index (χ2v) is 4.85. The van der Waals surface area contributed by atoms with Crippen LogP contribution in [0.25, 0.3) is 0 Å². The van der Waals surface area contributed by atoms with Crippen LogP contribution in [0.4, 0.5) is 0 Å². The molecule has 0 heterocycles. The molecule has 0 aliphatic rings. The van der Waals surface area contributed by atoms with Crippen LogP contribution in [0, 0.1) is 12.8 Å². The third-order valence-electron chi connectivity index (χ3n) is 3.28. The van der Waals surface area contributed by atoms with Gasteiger partial charge in [-0.3, -0.25) is 0 Å². The highest BCUT2D eigenvalue weighted by molar-refractivity contribution is 5.21. The number of hydrogen-bond donors (Lipinski definition) is 1. The fourth-order valence-electron chi connectivity index (χ4n) is 1.85. The molecule has 17 heavy (non-hydrogen) atoms. The lowest BCUT2D eigenvalue weighted by Crippen LogP contribution is -2.19. The summed E-state index contributed by atoms with van der Waals surface area (Å²) in [5, 5.41) is 10.0. The Kier molecular flexibility index (Phi) is 6.23. The Balaban J connectivity index is 2.32. The van der Waals surface area contributed by atoms with Gasteiger partial charge >= 0.3 is 0 Å². The van der Waals surface area contributed by atoms with Crippen molar-refractivity contribution in [1.29, 1.82) is 0 Å². The van der Waals surface area contributed by atoms with Crippen molar-refractivity contribution in [2.45, 2.75) is 39.2 Å².